The van der Waals surface area contributed by atoms with Gasteiger partial charge in [0.05, 0.1) is 21.6 Å². The average molecular weight is 448 g/mol. The highest BCUT2D eigenvalue weighted by atomic mass is 32.1. The third-order valence-corrected chi connectivity index (χ3v) is 5.96. The lowest BCUT2D eigenvalue weighted by Crippen LogP contribution is -2.39. The van der Waals surface area contributed by atoms with E-state index in [1.54, 1.807) is 23.5 Å². The van der Waals surface area contributed by atoms with E-state index in [-0.39, 0.29) is 12.1 Å². The second kappa shape index (κ2) is 7.89. The molecule has 1 aliphatic rings. The number of amides is 2. The number of primary amides is 1. The Balaban J connectivity index is 1.38. The Morgan fingerprint density at radius 3 is 2.72 bits per heavy atom. The maximum absolute atomic E-state index is 13.3. The number of aromatic amines is 1. The molecule has 32 heavy (non-hydrogen) atoms. The van der Waals surface area contributed by atoms with Gasteiger partial charge in [0.1, 0.15) is 23.4 Å². The number of H-pyrrole nitrogens is 1. The number of carbonyl (C=O) groups excluding carboxylic acids is 2. The summed E-state index contributed by atoms with van der Waals surface area (Å²) in [5.74, 6) is -0.723. The zero-order valence-corrected chi connectivity index (χ0v) is 17.4. The summed E-state index contributed by atoms with van der Waals surface area (Å²) < 4.78 is 13.3. The molecule has 2 amide bonds. The summed E-state index contributed by atoms with van der Waals surface area (Å²) in [7, 11) is 0. The third-order valence-electron chi connectivity index (χ3n) is 5.09. The summed E-state index contributed by atoms with van der Waals surface area (Å²) in [6.45, 7) is 0. The van der Waals surface area contributed by atoms with E-state index in [2.05, 4.69) is 20.4 Å². The fraction of sp³-hybridized carbons (Fsp3) is 0.0909. The Morgan fingerprint density at radius 2 is 2.00 bits per heavy atom. The number of nitrogens with one attached hydrogen (secondary N) is 2. The molecule has 0 bridgehead atoms. The van der Waals surface area contributed by atoms with Gasteiger partial charge in [-0.15, -0.1) is 11.3 Å². The Morgan fingerprint density at radius 1 is 1.19 bits per heavy atom. The lowest BCUT2D eigenvalue weighted by molar-refractivity contribution is -0.119. The van der Waals surface area contributed by atoms with Crippen molar-refractivity contribution in [3.8, 4) is 10.7 Å². The van der Waals surface area contributed by atoms with Gasteiger partial charge in [-0.25, -0.2) is 9.37 Å². The summed E-state index contributed by atoms with van der Waals surface area (Å²) in [6, 6.07) is 13.9. The van der Waals surface area contributed by atoms with Gasteiger partial charge in [-0.3, -0.25) is 14.6 Å². The summed E-state index contributed by atoms with van der Waals surface area (Å²) >= 11 is 1.58. The number of hydrogen-bond donors (Lipinski definition) is 3. The molecule has 8 nitrogen and oxygen atoms in total. The van der Waals surface area contributed by atoms with Crippen molar-refractivity contribution in [3.63, 3.8) is 0 Å². The van der Waals surface area contributed by atoms with Crippen molar-refractivity contribution in [2.45, 2.75) is 12.5 Å². The Labute approximate surface area is 185 Å². The van der Waals surface area contributed by atoms with E-state index in [0.29, 0.717) is 11.4 Å². The molecule has 0 spiro atoms. The van der Waals surface area contributed by atoms with E-state index in [1.807, 2.05) is 23.6 Å². The van der Waals surface area contributed by atoms with Crippen molar-refractivity contribution in [3.05, 3.63) is 65.8 Å². The first-order valence-corrected chi connectivity index (χ1v) is 10.6. The number of benzene rings is 2. The zero-order chi connectivity index (χ0) is 22.2. The molecule has 160 valence electrons. The number of aromatic nitrogens is 2. The number of hydrazone groups is 1. The van der Waals surface area contributed by atoms with Gasteiger partial charge >= 0.3 is 0 Å². The predicted molar refractivity (Wildman–Crippen MR) is 122 cm³/mol. The standard InChI is InChI=1S/C22H17FN6O2S/c23-12-3-6-14(7-4-12)29-18(20(24)30)11-17(28-29)22(31)25-13-5-8-15-16(10-13)27-21(26-15)19-2-1-9-32-19/h1-10,18H,11H2,(H2,24,30)(H,25,31)(H,26,27). The van der Waals surface area contributed by atoms with Crippen LogP contribution in [-0.4, -0.2) is 33.5 Å². The maximum atomic E-state index is 13.3. The van der Waals surface area contributed by atoms with Crippen LogP contribution in [0.5, 0.6) is 0 Å². The van der Waals surface area contributed by atoms with Crippen molar-refractivity contribution >= 4 is 51.3 Å². The van der Waals surface area contributed by atoms with Gasteiger partial charge in [-0.2, -0.15) is 5.10 Å². The summed E-state index contributed by atoms with van der Waals surface area (Å²) in [5.41, 5.74) is 8.25. The molecule has 0 saturated heterocycles. The Hall–Kier alpha value is -4.05. The second-order valence-electron chi connectivity index (χ2n) is 7.24. The number of fused-ring (bicyclic) bond motifs is 1. The van der Waals surface area contributed by atoms with Gasteiger partial charge in [-0.1, -0.05) is 6.07 Å². The van der Waals surface area contributed by atoms with Crippen LogP contribution >= 0.6 is 11.3 Å². The fourth-order valence-electron chi connectivity index (χ4n) is 3.52. The van der Waals surface area contributed by atoms with Gasteiger partial charge in [0.25, 0.3) is 5.91 Å². The number of nitrogens with zero attached hydrogens (tertiary/aromatic N) is 3. The highest BCUT2D eigenvalue weighted by molar-refractivity contribution is 7.13. The van der Waals surface area contributed by atoms with E-state index in [0.717, 1.165) is 21.7 Å². The van der Waals surface area contributed by atoms with Crippen molar-refractivity contribution in [2.75, 3.05) is 10.3 Å². The predicted octanol–water partition coefficient (Wildman–Crippen LogP) is 3.49. The van der Waals surface area contributed by atoms with Crippen LogP contribution < -0.4 is 16.1 Å². The van der Waals surface area contributed by atoms with E-state index >= 15 is 0 Å². The Bertz CT molecular complexity index is 1350. The van der Waals surface area contributed by atoms with E-state index in [9.17, 15) is 14.0 Å². The van der Waals surface area contributed by atoms with Gasteiger partial charge in [0.2, 0.25) is 5.91 Å². The first-order chi connectivity index (χ1) is 15.5. The molecule has 4 aromatic rings. The number of hydrogen-bond acceptors (Lipinski definition) is 6. The molecule has 3 heterocycles. The molecule has 4 N–H and O–H groups in total. The maximum Gasteiger partial charge on any atom is 0.271 e. The first-order valence-electron chi connectivity index (χ1n) is 9.74. The number of carbonyl (C=O) groups is 2. The minimum absolute atomic E-state index is 0.0490. The zero-order valence-electron chi connectivity index (χ0n) is 16.6. The number of imidazole rings is 1. The van der Waals surface area contributed by atoms with Crippen LogP contribution in [0.25, 0.3) is 21.7 Å². The van der Waals surface area contributed by atoms with Gasteiger partial charge < -0.3 is 16.0 Å². The van der Waals surface area contributed by atoms with Crippen molar-refractivity contribution < 1.29 is 14.0 Å². The summed E-state index contributed by atoms with van der Waals surface area (Å²) in [6.07, 6.45) is 0.0490. The van der Waals surface area contributed by atoms with Crippen molar-refractivity contribution in [2.24, 2.45) is 10.8 Å². The van der Waals surface area contributed by atoms with Crippen LogP contribution in [0.15, 0.2) is 65.1 Å². The quantitative estimate of drug-likeness (QED) is 0.433. The molecule has 5 rings (SSSR count). The summed E-state index contributed by atoms with van der Waals surface area (Å²) in [5, 5.41) is 10.4. The number of anilines is 2. The number of halogens is 1. The fourth-order valence-corrected chi connectivity index (χ4v) is 4.19. The topological polar surface area (TPSA) is 116 Å². The van der Waals surface area contributed by atoms with Gasteiger partial charge in [0, 0.05) is 12.1 Å². The van der Waals surface area contributed by atoms with Crippen molar-refractivity contribution in [1.82, 2.24) is 9.97 Å². The molecule has 2 aromatic heterocycles. The molecule has 1 unspecified atom stereocenters. The van der Waals surface area contributed by atoms with Crippen LogP contribution in [-0.2, 0) is 9.59 Å². The molecule has 2 aromatic carbocycles. The molecular weight excluding hydrogens is 431 g/mol. The largest absolute Gasteiger partial charge is 0.368 e. The molecule has 1 aliphatic heterocycles. The van der Waals surface area contributed by atoms with Crippen molar-refractivity contribution in [1.29, 1.82) is 0 Å². The van der Waals surface area contributed by atoms with Crippen LogP contribution in [0.4, 0.5) is 15.8 Å². The van der Waals surface area contributed by atoms with Crippen LogP contribution in [0.2, 0.25) is 0 Å². The lowest BCUT2D eigenvalue weighted by Gasteiger charge is -2.20. The summed E-state index contributed by atoms with van der Waals surface area (Å²) in [4.78, 5) is 33.6. The number of rotatable bonds is 5. The number of nitrogens with two attached hydrogens (primary N) is 1. The van der Waals surface area contributed by atoms with Crippen LogP contribution in [0.1, 0.15) is 6.42 Å². The first kappa shape index (κ1) is 19.9. The minimum atomic E-state index is -0.829. The lowest BCUT2D eigenvalue weighted by atomic mass is 10.1. The SMILES string of the molecule is NC(=O)C1CC(C(=O)Nc2ccc3nc(-c4cccs4)[nH]c3c2)=NN1c1ccc(F)cc1. The molecule has 10 heteroatoms. The number of thiophene rings is 1. The molecule has 1 atom stereocenters. The molecule has 0 fully saturated rings. The molecule has 0 saturated carbocycles. The monoisotopic (exact) mass is 448 g/mol. The molecule has 0 aliphatic carbocycles. The third kappa shape index (κ3) is 3.71. The van der Waals surface area contributed by atoms with Crippen LogP contribution in [0.3, 0.4) is 0 Å². The van der Waals surface area contributed by atoms with Gasteiger partial charge in [-0.05, 0) is 53.9 Å². The smallest absolute Gasteiger partial charge is 0.271 e. The molecule has 0 radical (unpaired) electrons. The minimum Gasteiger partial charge on any atom is -0.368 e. The van der Waals surface area contributed by atoms with E-state index < -0.39 is 23.7 Å². The van der Waals surface area contributed by atoms with E-state index in [4.69, 9.17) is 5.73 Å². The highest BCUT2D eigenvalue weighted by Gasteiger charge is 2.35. The average Bonchev–Trinajstić information content (AvgIpc) is 3.52. The molecular formula is C22H17FN6O2S. The van der Waals surface area contributed by atoms with E-state index in [1.165, 1.54) is 29.3 Å². The second-order valence-corrected chi connectivity index (χ2v) is 8.19. The highest BCUT2D eigenvalue weighted by Crippen LogP contribution is 2.27. The van der Waals surface area contributed by atoms with Gasteiger partial charge in [0.15, 0.2) is 0 Å². The van der Waals surface area contributed by atoms with Crippen LogP contribution in [0, 0.1) is 5.82 Å². The Kier molecular flexibility index (Phi) is 4.91. The normalized spacial score (nSPS) is 15.7.